The molecule has 1 aromatic carbocycles. The monoisotopic (exact) mass is 373 g/mol. The minimum Gasteiger partial charge on any atom is -0.484 e. The number of hydrogen-bond acceptors (Lipinski definition) is 5. The van der Waals surface area contributed by atoms with Crippen LogP contribution in [-0.4, -0.2) is 29.0 Å². The summed E-state index contributed by atoms with van der Waals surface area (Å²) >= 11 is 7.37. The fourth-order valence-electron chi connectivity index (χ4n) is 2.10. The van der Waals surface area contributed by atoms with Gasteiger partial charge in [-0.25, -0.2) is 4.98 Å². The second kappa shape index (κ2) is 8.60. The molecule has 1 N–H and O–H groups in total. The zero-order chi connectivity index (χ0) is 17.5. The zero-order valence-corrected chi connectivity index (χ0v) is 14.9. The van der Waals surface area contributed by atoms with Gasteiger partial charge in [-0.3, -0.25) is 9.78 Å². The number of rotatable bonds is 7. The predicted molar refractivity (Wildman–Crippen MR) is 99.0 cm³/mol. The fourth-order valence-corrected chi connectivity index (χ4v) is 3.08. The molecule has 0 saturated carbocycles. The number of ether oxygens (including phenoxy) is 1. The van der Waals surface area contributed by atoms with E-state index in [0.29, 0.717) is 23.7 Å². The van der Waals surface area contributed by atoms with Gasteiger partial charge in [0, 0.05) is 41.3 Å². The number of nitrogens with zero attached hydrogens (tertiary/aromatic N) is 2. The summed E-state index contributed by atoms with van der Waals surface area (Å²) in [7, 11) is 0. The van der Waals surface area contributed by atoms with Crippen molar-refractivity contribution < 1.29 is 9.53 Å². The Hall–Kier alpha value is -2.44. The summed E-state index contributed by atoms with van der Waals surface area (Å²) in [6.07, 6.45) is 4.20. The van der Waals surface area contributed by atoms with Crippen molar-refractivity contribution in [3.05, 3.63) is 64.9 Å². The third-order valence-corrected chi connectivity index (χ3v) is 4.54. The number of thiazole rings is 1. The van der Waals surface area contributed by atoms with Crippen LogP contribution in [0.5, 0.6) is 5.75 Å². The number of carbonyl (C=O) groups is 1. The molecule has 0 unspecified atom stereocenters. The number of nitrogens with one attached hydrogen (secondary N) is 1. The molecule has 3 rings (SSSR count). The molecular formula is C18H16ClN3O2S. The summed E-state index contributed by atoms with van der Waals surface area (Å²) in [4.78, 5) is 20.5. The van der Waals surface area contributed by atoms with Gasteiger partial charge in [-0.05, 0) is 36.4 Å². The molecule has 0 saturated heterocycles. The van der Waals surface area contributed by atoms with Gasteiger partial charge < -0.3 is 10.1 Å². The Bertz CT molecular complexity index is 822. The highest BCUT2D eigenvalue weighted by Gasteiger charge is 2.06. The van der Waals surface area contributed by atoms with Crippen molar-refractivity contribution in [2.75, 3.05) is 13.2 Å². The van der Waals surface area contributed by atoms with Gasteiger partial charge in [-0.2, -0.15) is 0 Å². The lowest BCUT2D eigenvalue weighted by Crippen LogP contribution is -2.30. The van der Waals surface area contributed by atoms with Gasteiger partial charge in [0.1, 0.15) is 10.8 Å². The molecule has 0 fully saturated rings. The molecule has 2 aromatic heterocycles. The molecule has 0 aliphatic carbocycles. The van der Waals surface area contributed by atoms with Crippen LogP contribution in [0.15, 0.2) is 54.2 Å². The maximum Gasteiger partial charge on any atom is 0.257 e. The summed E-state index contributed by atoms with van der Waals surface area (Å²) in [6.45, 7) is 0.485. The van der Waals surface area contributed by atoms with E-state index in [4.69, 9.17) is 16.3 Å². The van der Waals surface area contributed by atoms with Crippen LogP contribution in [0.1, 0.15) is 5.69 Å². The Balaban J connectivity index is 1.41. The molecule has 5 nitrogen and oxygen atoms in total. The van der Waals surface area contributed by atoms with E-state index in [0.717, 1.165) is 16.3 Å². The smallest absolute Gasteiger partial charge is 0.257 e. The van der Waals surface area contributed by atoms with Gasteiger partial charge >= 0.3 is 0 Å². The fraction of sp³-hybridized carbons (Fsp3) is 0.167. The molecule has 2 heterocycles. The van der Waals surface area contributed by atoms with Crippen LogP contribution in [0.25, 0.3) is 10.6 Å². The average molecular weight is 374 g/mol. The van der Waals surface area contributed by atoms with E-state index in [2.05, 4.69) is 15.3 Å². The number of hydrogen-bond donors (Lipinski definition) is 1. The van der Waals surface area contributed by atoms with E-state index in [1.54, 1.807) is 48.0 Å². The summed E-state index contributed by atoms with van der Waals surface area (Å²) in [5.41, 5.74) is 1.95. The van der Waals surface area contributed by atoms with Crippen molar-refractivity contribution in [3.8, 4) is 16.3 Å². The molecule has 25 heavy (non-hydrogen) atoms. The van der Waals surface area contributed by atoms with Crippen molar-refractivity contribution in [2.45, 2.75) is 6.42 Å². The van der Waals surface area contributed by atoms with Gasteiger partial charge in [0.15, 0.2) is 6.61 Å². The maximum absolute atomic E-state index is 11.8. The van der Waals surface area contributed by atoms with Crippen molar-refractivity contribution in [2.24, 2.45) is 0 Å². The Morgan fingerprint density at radius 1 is 1.24 bits per heavy atom. The quantitative estimate of drug-likeness (QED) is 0.687. The Morgan fingerprint density at radius 3 is 2.84 bits per heavy atom. The van der Waals surface area contributed by atoms with E-state index < -0.39 is 0 Å². The van der Waals surface area contributed by atoms with E-state index in [-0.39, 0.29) is 12.5 Å². The van der Waals surface area contributed by atoms with Crippen LogP contribution in [0.3, 0.4) is 0 Å². The van der Waals surface area contributed by atoms with E-state index in [9.17, 15) is 4.79 Å². The number of aromatic nitrogens is 2. The van der Waals surface area contributed by atoms with Gasteiger partial charge in [-0.1, -0.05) is 11.6 Å². The van der Waals surface area contributed by atoms with Crippen LogP contribution >= 0.6 is 22.9 Å². The highest BCUT2D eigenvalue weighted by Crippen LogP contribution is 2.22. The number of benzene rings is 1. The lowest BCUT2D eigenvalue weighted by molar-refractivity contribution is -0.123. The standard InChI is InChI=1S/C18H16ClN3O2S/c19-14-3-5-16(6-4-14)24-11-17(23)21-9-7-15-12-25-18(22-15)13-2-1-8-20-10-13/h1-6,8,10,12H,7,9,11H2,(H,21,23). The normalized spacial score (nSPS) is 10.4. The molecule has 0 aliphatic rings. The second-order valence-electron chi connectivity index (χ2n) is 5.23. The molecule has 128 valence electrons. The maximum atomic E-state index is 11.8. The summed E-state index contributed by atoms with van der Waals surface area (Å²) in [5, 5.41) is 6.38. The second-order valence-corrected chi connectivity index (χ2v) is 6.52. The number of amides is 1. The van der Waals surface area contributed by atoms with Crippen molar-refractivity contribution in [1.82, 2.24) is 15.3 Å². The van der Waals surface area contributed by atoms with Crippen LogP contribution in [-0.2, 0) is 11.2 Å². The predicted octanol–water partition coefficient (Wildman–Crippen LogP) is 3.60. The van der Waals surface area contributed by atoms with E-state index in [1.807, 2.05) is 17.5 Å². The van der Waals surface area contributed by atoms with Crippen molar-refractivity contribution in [3.63, 3.8) is 0 Å². The summed E-state index contributed by atoms with van der Waals surface area (Å²) in [5.74, 6) is 0.442. The first-order valence-corrected chi connectivity index (χ1v) is 8.96. The minimum atomic E-state index is -0.169. The molecular weight excluding hydrogens is 358 g/mol. The first kappa shape index (κ1) is 17.4. The molecule has 7 heteroatoms. The molecule has 1 amide bonds. The SMILES string of the molecule is O=C(COc1ccc(Cl)cc1)NCCc1csc(-c2cccnc2)n1. The molecule has 3 aromatic rings. The van der Waals surface area contributed by atoms with Gasteiger partial charge in [0.05, 0.1) is 5.69 Å². The molecule has 0 bridgehead atoms. The van der Waals surface area contributed by atoms with E-state index in [1.165, 1.54) is 0 Å². The lowest BCUT2D eigenvalue weighted by Gasteiger charge is -2.07. The summed E-state index contributed by atoms with van der Waals surface area (Å²) in [6, 6.07) is 10.8. The van der Waals surface area contributed by atoms with Crippen LogP contribution in [0.2, 0.25) is 5.02 Å². The van der Waals surface area contributed by atoms with Crippen molar-refractivity contribution >= 4 is 28.8 Å². The number of carbonyl (C=O) groups excluding carboxylic acids is 1. The highest BCUT2D eigenvalue weighted by molar-refractivity contribution is 7.13. The van der Waals surface area contributed by atoms with Crippen LogP contribution in [0, 0.1) is 0 Å². The Kier molecular flexibility index (Phi) is 5.98. The van der Waals surface area contributed by atoms with Crippen LogP contribution < -0.4 is 10.1 Å². The Morgan fingerprint density at radius 2 is 2.08 bits per heavy atom. The molecule has 0 atom stereocenters. The van der Waals surface area contributed by atoms with Gasteiger partial charge in [-0.15, -0.1) is 11.3 Å². The minimum absolute atomic E-state index is 0.0281. The van der Waals surface area contributed by atoms with Crippen molar-refractivity contribution in [1.29, 1.82) is 0 Å². The first-order chi connectivity index (χ1) is 12.2. The zero-order valence-electron chi connectivity index (χ0n) is 13.3. The average Bonchev–Trinajstić information content (AvgIpc) is 3.11. The lowest BCUT2D eigenvalue weighted by atomic mass is 10.3. The van der Waals surface area contributed by atoms with Crippen LogP contribution in [0.4, 0.5) is 0 Å². The third kappa shape index (κ3) is 5.27. The number of pyridine rings is 1. The first-order valence-electron chi connectivity index (χ1n) is 7.70. The van der Waals surface area contributed by atoms with Gasteiger partial charge in [0.25, 0.3) is 5.91 Å². The molecule has 0 radical (unpaired) electrons. The molecule has 0 spiro atoms. The third-order valence-electron chi connectivity index (χ3n) is 3.35. The Labute approximate surface area is 154 Å². The number of halogens is 1. The summed E-state index contributed by atoms with van der Waals surface area (Å²) < 4.78 is 5.40. The molecule has 0 aliphatic heterocycles. The topological polar surface area (TPSA) is 64.1 Å². The van der Waals surface area contributed by atoms with E-state index >= 15 is 0 Å². The largest absolute Gasteiger partial charge is 0.484 e. The highest BCUT2D eigenvalue weighted by atomic mass is 35.5. The van der Waals surface area contributed by atoms with Gasteiger partial charge in [0.2, 0.25) is 0 Å².